The van der Waals surface area contributed by atoms with Gasteiger partial charge >= 0.3 is 0 Å². The minimum Gasteiger partial charge on any atom is -0.496 e. The second kappa shape index (κ2) is 9.07. The molecule has 0 saturated carbocycles. The van der Waals surface area contributed by atoms with Crippen molar-refractivity contribution in [2.24, 2.45) is 11.8 Å². The van der Waals surface area contributed by atoms with Crippen LogP contribution < -0.4 is 10.1 Å². The van der Waals surface area contributed by atoms with Crippen molar-refractivity contribution in [2.45, 2.75) is 30.5 Å². The predicted octanol–water partition coefficient (Wildman–Crippen LogP) is 3.11. The average molecular weight is 423 g/mol. The van der Waals surface area contributed by atoms with Gasteiger partial charge in [-0.1, -0.05) is 31.2 Å². The van der Waals surface area contributed by atoms with Crippen LogP contribution in [-0.2, 0) is 21.4 Å². The summed E-state index contributed by atoms with van der Waals surface area (Å²) in [6.07, 6.45) is 1.38. The van der Waals surface area contributed by atoms with E-state index < -0.39 is 10.0 Å². The molecule has 1 N–H and O–H groups in total. The van der Waals surface area contributed by atoms with E-state index in [0.717, 1.165) is 11.3 Å². The van der Waals surface area contributed by atoms with E-state index in [-0.39, 0.29) is 17.7 Å². The molecule has 1 aliphatic heterocycles. The number of benzene rings is 1. The van der Waals surface area contributed by atoms with Crippen molar-refractivity contribution >= 4 is 27.3 Å². The molecule has 0 radical (unpaired) electrons. The number of rotatable bonds is 7. The van der Waals surface area contributed by atoms with E-state index in [0.29, 0.717) is 36.7 Å². The van der Waals surface area contributed by atoms with Crippen molar-refractivity contribution in [1.29, 1.82) is 0 Å². The second-order valence-corrected chi connectivity index (χ2v) is 10.1. The predicted molar refractivity (Wildman–Crippen MR) is 110 cm³/mol. The molecule has 0 bridgehead atoms. The highest BCUT2D eigenvalue weighted by Gasteiger charge is 2.33. The van der Waals surface area contributed by atoms with Crippen LogP contribution in [0.5, 0.6) is 5.75 Å². The number of methoxy groups -OCH3 is 1. The quantitative estimate of drug-likeness (QED) is 0.744. The number of thiophene rings is 1. The zero-order valence-corrected chi connectivity index (χ0v) is 17.8. The normalized spacial score (nSPS) is 17.2. The van der Waals surface area contributed by atoms with Crippen LogP contribution in [0.15, 0.2) is 46.0 Å². The fourth-order valence-electron chi connectivity index (χ4n) is 3.56. The molecule has 1 saturated heterocycles. The lowest BCUT2D eigenvalue weighted by atomic mass is 9.85. The number of hydrogen-bond acceptors (Lipinski definition) is 5. The molecule has 1 fully saturated rings. The number of nitrogens with zero attached hydrogens (tertiary/aromatic N) is 1. The first-order valence-electron chi connectivity index (χ1n) is 9.36. The van der Waals surface area contributed by atoms with Gasteiger partial charge in [0.05, 0.1) is 7.11 Å². The van der Waals surface area contributed by atoms with E-state index in [4.69, 9.17) is 4.74 Å². The van der Waals surface area contributed by atoms with Crippen LogP contribution in [0, 0.1) is 11.8 Å². The third-order valence-electron chi connectivity index (χ3n) is 5.35. The molecule has 1 aromatic heterocycles. The van der Waals surface area contributed by atoms with Crippen LogP contribution >= 0.6 is 11.3 Å². The van der Waals surface area contributed by atoms with Crippen LogP contribution in [0.1, 0.15) is 25.3 Å². The Hall–Kier alpha value is -1.90. The number of carbonyl (C=O) groups is 1. The molecule has 1 aliphatic rings. The molecule has 0 spiro atoms. The Morgan fingerprint density at radius 1 is 1.25 bits per heavy atom. The number of hydrogen-bond donors (Lipinski definition) is 1. The summed E-state index contributed by atoms with van der Waals surface area (Å²) in [5.74, 6) is 0.752. The fourth-order valence-corrected chi connectivity index (χ4v) is 6.17. The van der Waals surface area contributed by atoms with E-state index in [1.807, 2.05) is 31.2 Å². The summed E-state index contributed by atoms with van der Waals surface area (Å²) in [6.45, 7) is 3.24. The molecule has 1 amide bonds. The summed E-state index contributed by atoms with van der Waals surface area (Å²) in [4.78, 5) is 12.6. The first-order chi connectivity index (χ1) is 13.4. The van der Waals surface area contributed by atoms with Crippen LogP contribution in [0.3, 0.4) is 0 Å². The SMILES string of the molecule is COc1ccccc1CNC(=O)[C@@H](C)C1CCN(S(=O)(=O)c2cccs2)CC1. The number of amides is 1. The van der Waals surface area contributed by atoms with Crippen molar-refractivity contribution in [3.8, 4) is 5.75 Å². The van der Waals surface area contributed by atoms with E-state index in [9.17, 15) is 13.2 Å². The van der Waals surface area contributed by atoms with Gasteiger partial charge in [-0.25, -0.2) is 8.42 Å². The number of carbonyl (C=O) groups excluding carboxylic acids is 1. The smallest absolute Gasteiger partial charge is 0.252 e. The molecule has 2 aromatic rings. The highest BCUT2D eigenvalue weighted by Crippen LogP contribution is 2.30. The first kappa shape index (κ1) is 20.8. The van der Waals surface area contributed by atoms with E-state index in [1.54, 1.807) is 24.6 Å². The van der Waals surface area contributed by atoms with Crippen molar-refractivity contribution in [3.63, 3.8) is 0 Å². The Labute approximate surface area is 170 Å². The molecule has 0 unspecified atom stereocenters. The van der Waals surface area contributed by atoms with Gasteiger partial charge in [0, 0.05) is 31.1 Å². The van der Waals surface area contributed by atoms with Crippen LogP contribution in [-0.4, -0.2) is 38.8 Å². The van der Waals surface area contributed by atoms with Gasteiger partial charge in [0.25, 0.3) is 10.0 Å². The highest BCUT2D eigenvalue weighted by molar-refractivity contribution is 7.91. The number of sulfonamides is 1. The summed E-state index contributed by atoms with van der Waals surface area (Å²) in [7, 11) is -1.79. The third-order valence-corrected chi connectivity index (χ3v) is 8.63. The van der Waals surface area contributed by atoms with Crippen LogP contribution in [0.4, 0.5) is 0 Å². The monoisotopic (exact) mass is 422 g/mol. The van der Waals surface area contributed by atoms with E-state index in [1.165, 1.54) is 15.6 Å². The summed E-state index contributed by atoms with van der Waals surface area (Å²) in [5.41, 5.74) is 0.933. The average Bonchev–Trinajstić information content (AvgIpc) is 3.27. The second-order valence-electron chi connectivity index (χ2n) is 6.99. The largest absolute Gasteiger partial charge is 0.496 e. The number of piperidine rings is 1. The minimum absolute atomic E-state index is 0.00882. The molecule has 6 nitrogen and oxygen atoms in total. The van der Waals surface area contributed by atoms with Gasteiger partial charge in [0.2, 0.25) is 5.91 Å². The molecule has 8 heteroatoms. The molecular formula is C20H26N2O4S2. The maximum atomic E-state index is 12.6. The fraction of sp³-hybridized carbons (Fsp3) is 0.450. The Bertz CT molecular complexity index is 889. The molecule has 2 heterocycles. The van der Waals surface area contributed by atoms with Gasteiger partial charge in [-0.05, 0) is 36.3 Å². The maximum absolute atomic E-state index is 12.6. The van der Waals surface area contributed by atoms with Crippen molar-refractivity contribution in [2.75, 3.05) is 20.2 Å². The summed E-state index contributed by atoms with van der Waals surface area (Å²) in [6, 6.07) is 11.0. The van der Waals surface area contributed by atoms with Gasteiger partial charge in [0.1, 0.15) is 9.96 Å². The molecule has 152 valence electrons. The van der Waals surface area contributed by atoms with Gasteiger partial charge < -0.3 is 10.1 Å². The van der Waals surface area contributed by atoms with Gasteiger partial charge in [-0.3, -0.25) is 4.79 Å². The number of nitrogens with one attached hydrogen (secondary N) is 1. The summed E-state index contributed by atoms with van der Waals surface area (Å²) in [5, 5.41) is 4.76. The Balaban J connectivity index is 1.53. The lowest BCUT2D eigenvalue weighted by Gasteiger charge is -2.33. The lowest BCUT2D eigenvalue weighted by molar-refractivity contribution is -0.126. The van der Waals surface area contributed by atoms with Gasteiger partial charge in [-0.2, -0.15) is 4.31 Å². The topological polar surface area (TPSA) is 75.7 Å². The number of ether oxygens (including phenoxy) is 1. The van der Waals surface area contributed by atoms with Crippen LogP contribution in [0.25, 0.3) is 0 Å². The molecule has 1 atom stereocenters. The summed E-state index contributed by atoms with van der Waals surface area (Å²) >= 11 is 1.24. The maximum Gasteiger partial charge on any atom is 0.252 e. The minimum atomic E-state index is -3.40. The molecule has 0 aliphatic carbocycles. The van der Waals surface area contributed by atoms with Gasteiger partial charge in [-0.15, -0.1) is 11.3 Å². The molecule has 3 rings (SSSR count). The van der Waals surface area contributed by atoms with Crippen molar-refractivity contribution < 1.29 is 17.9 Å². The standard InChI is InChI=1S/C20H26N2O4S2/c1-15(20(23)21-14-17-6-3-4-7-18(17)26-2)16-9-11-22(12-10-16)28(24,25)19-8-5-13-27-19/h3-8,13,15-16H,9-12,14H2,1-2H3,(H,21,23)/t15-/m0/s1. The lowest BCUT2D eigenvalue weighted by Crippen LogP contribution is -2.42. The zero-order chi connectivity index (χ0) is 20.1. The Morgan fingerprint density at radius 2 is 1.96 bits per heavy atom. The Morgan fingerprint density at radius 3 is 2.61 bits per heavy atom. The van der Waals surface area contributed by atoms with E-state index >= 15 is 0 Å². The summed E-state index contributed by atoms with van der Waals surface area (Å²) < 4.78 is 32.5. The van der Waals surface area contributed by atoms with Crippen molar-refractivity contribution in [3.05, 3.63) is 47.3 Å². The molecule has 28 heavy (non-hydrogen) atoms. The van der Waals surface area contributed by atoms with Gasteiger partial charge in [0.15, 0.2) is 0 Å². The highest BCUT2D eigenvalue weighted by atomic mass is 32.2. The molecule has 1 aromatic carbocycles. The number of para-hydroxylation sites is 1. The first-order valence-corrected chi connectivity index (χ1v) is 11.7. The zero-order valence-electron chi connectivity index (χ0n) is 16.1. The Kier molecular flexibility index (Phi) is 6.74. The van der Waals surface area contributed by atoms with Crippen molar-refractivity contribution in [1.82, 2.24) is 9.62 Å². The van der Waals surface area contributed by atoms with E-state index in [2.05, 4.69) is 5.32 Å². The third kappa shape index (κ3) is 4.56. The molecular weight excluding hydrogens is 396 g/mol. The van der Waals surface area contributed by atoms with Crippen LogP contribution in [0.2, 0.25) is 0 Å².